The van der Waals surface area contributed by atoms with E-state index in [1.54, 1.807) is 18.2 Å². The fourth-order valence-electron chi connectivity index (χ4n) is 2.37. The minimum absolute atomic E-state index is 0.426. The molecule has 114 valence electrons. The van der Waals surface area contributed by atoms with E-state index in [9.17, 15) is 9.59 Å². The number of carbonyl (C=O) groups excluding carboxylic acids is 1. The van der Waals surface area contributed by atoms with Gasteiger partial charge in [0.15, 0.2) is 0 Å². The number of urea groups is 1. The molecule has 0 aliphatic carbocycles. The molecule has 0 bridgehead atoms. The summed E-state index contributed by atoms with van der Waals surface area (Å²) >= 11 is 0. The number of nitrogens with zero attached hydrogens (tertiary/aromatic N) is 1. The summed E-state index contributed by atoms with van der Waals surface area (Å²) in [6.07, 6.45) is 1.15. The molecule has 1 aromatic rings. The Kier molecular flexibility index (Phi) is 4.52. The van der Waals surface area contributed by atoms with Gasteiger partial charge in [0.25, 0.3) is 0 Å². The highest BCUT2D eigenvalue weighted by atomic mass is 16.5. The maximum atomic E-state index is 12.3. The molecule has 2 rings (SSSR count). The van der Waals surface area contributed by atoms with Crippen molar-refractivity contribution >= 4 is 17.7 Å². The summed E-state index contributed by atoms with van der Waals surface area (Å²) in [4.78, 5) is 24.7. The maximum absolute atomic E-state index is 12.3. The predicted octanol–water partition coefficient (Wildman–Crippen LogP) is 1.78. The van der Waals surface area contributed by atoms with E-state index in [0.717, 1.165) is 0 Å². The number of aliphatic carboxylic acids is 1. The first kappa shape index (κ1) is 15.0. The lowest BCUT2D eigenvalue weighted by Gasteiger charge is -2.22. The largest absolute Gasteiger partial charge is 0.497 e. The molecule has 1 heterocycles. The Morgan fingerprint density at radius 2 is 2.10 bits per heavy atom. The second-order valence-electron chi connectivity index (χ2n) is 4.69. The second-order valence-corrected chi connectivity index (χ2v) is 4.69. The summed E-state index contributed by atoms with van der Waals surface area (Å²) in [5.41, 5.74) is 0.442. The van der Waals surface area contributed by atoms with E-state index in [2.05, 4.69) is 5.32 Å². The van der Waals surface area contributed by atoms with Crippen LogP contribution in [-0.2, 0) is 4.79 Å². The summed E-state index contributed by atoms with van der Waals surface area (Å²) in [6, 6.07) is 3.79. The highest BCUT2D eigenvalue weighted by Crippen LogP contribution is 2.30. The van der Waals surface area contributed by atoms with Crippen LogP contribution in [0.3, 0.4) is 0 Å². The molecule has 1 aromatic carbocycles. The Balaban J connectivity index is 2.17. The van der Waals surface area contributed by atoms with Gasteiger partial charge >= 0.3 is 12.0 Å². The van der Waals surface area contributed by atoms with E-state index in [4.69, 9.17) is 14.6 Å². The van der Waals surface area contributed by atoms with Crippen molar-refractivity contribution < 1.29 is 24.2 Å². The van der Waals surface area contributed by atoms with Crippen LogP contribution in [0.1, 0.15) is 12.8 Å². The monoisotopic (exact) mass is 294 g/mol. The number of methoxy groups -OCH3 is 2. The number of anilines is 1. The molecule has 1 saturated heterocycles. The van der Waals surface area contributed by atoms with Crippen molar-refractivity contribution in [2.45, 2.75) is 18.9 Å². The van der Waals surface area contributed by atoms with Crippen LogP contribution in [0.5, 0.6) is 11.5 Å². The van der Waals surface area contributed by atoms with E-state index in [1.807, 2.05) is 0 Å². The first-order chi connectivity index (χ1) is 10.1. The predicted molar refractivity (Wildman–Crippen MR) is 75.9 cm³/mol. The molecule has 2 N–H and O–H groups in total. The lowest BCUT2D eigenvalue weighted by molar-refractivity contribution is -0.141. The number of amides is 2. The molecule has 7 heteroatoms. The zero-order valence-corrected chi connectivity index (χ0v) is 12.0. The molecule has 0 unspecified atom stereocenters. The van der Waals surface area contributed by atoms with Crippen molar-refractivity contribution in [1.29, 1.82) is 0 Å². The van der Waals surface area contributed by atoms with Crippen LogP contribution in [0.4, 0.5) is 10.5 Å². The number of nitrogens with one attached hydrogen (secondary N) is 1. The van der Waals surface area contributed by atoms with Crippen molar-refractivity contribution in [3.8, 4) is 11.5 Å². The molecule has 2 amide bonds. The van der Waals surface area contributed by atoms with Gasteiger partial charge in [0.05, 0.1) is 19.9 Å². The van der Waals surface area contributed by atoms with Crippen LogP contribution in [0.25, 0.3) is 0 Å². The Morgan fingerprint density at radius 3 is 2.71 bits per heavy atom. The highest BCUT2D eigenvalue weighted by molar-refractivity contribution is 5.94. The third-order valence-corrected chi connectivity index (χ3v) is 3.45. The lowest BCUT2D eigenvalue weighted by Crippen LogP contribution is -2.42. The Morgan fingerprint density at radius 1 is 1.33 bits per heavy atom. The number of carboxylic acid groups (broad SMARTS) is 1. The molecule has 0 radical (unpaired) electrons. The number of carboxylic acids is 1. The minimum atomic E-state index is -0.986. The third-order valence-electron chi connectivity index (χ3n) is 3.45. The highest BCUT2D eigenvalue weighted by Gasteiger charge is 2.34. The summed E-state index contributed by atoms with van der Waals surface area (Å²) in [5, 5.41) is 11.8. The van der Waals surface area contributed by atoms with Gasteiger partial charge in [0.1, 0.15) is 17.5 Å². The maximum Gasteiger partial charge on any atom is 0.326 e. The molecule has 1 fully saturated rings. The van der Waals surface area contributed by atoms with Gasteiger partial charge in [0, 0.05) is 12.6 Å². The van der Waals surface area contributed by atoms with E-state index >= 15 is 0 Å². The van der Waals surface area contributed by atoms with Gasteiger partial charge in [-0.25, -0.2) is 9.59 Å². The van der Waals surface area contributed by atoms with Gasteiger partial charge in [-0.2, -0.15) is 0 Å². The van der Waals surface area contributed by atoms with Crippen LogP contribution < -0.4 is 14.8 Å². The number of rotatable bonds is 4. The Hall–Kier alpha value is -2.44. The number of hydrogen-bond donors (Lipinski definition) is 2. The topological polar surface area (TPSA) is 88.1 Å². The molecule has 0 saturated carbocycles. The molecule has 0 aromatic heterocycles. The van der Waals surface area contributed by atoms with E-state index in [0.29, 0.717) is 36.6 Å². The van der Waals surface area contributed by atoms with Crippen LogP contribution in [0.15, 0.2) is 18.2 Å². The van der Waals surface area contributed by atoms with Gasteiger partial charge in [-0.3, -0.25) is 0 Å². The zero-order chi connectivity index (χ0) is 15.4. The van der Waals surface area contributed by atoms with Gasteiger partial charge in [-0.1, -0.05) is 0 Å². The number of carbonyl (C=O) groups is 2. The smallest absolute Gasteiger partial charge is 0.326 e. The number of benzene rings is 1. The molecule has 7 nitrogen and oxygen atoms in total. The average molecular weight is 294 g/mol. The molecule has 21 heavy (non-hydrogen) atoms. The minimum Gasteiger partial charge on any atom is -0.497 e. The molecular formula is C14H18N2O5. The standard InChI is InChI=1S/C14H18N2O5/c1-20-9-5-6-12(21-2)10(8-9)15-14(19)16-7-3-4-11(16)13(17)18/h5-6,8,11H,3-4,7H2,1-2H3,(H,15,19)(H,17,18)/t11-/m0/s1. The first-order valence-electron chi connectivity index (χ1n) is 6.59. The Bertz CT molecular complexity index is 546. The number of hydrogen-bond acceptors (Lipinski definition) is 4. The summed E-state index contributed by atoms with van der Waals surface area (Å²) in [7, 11) is 3.02. The number of ether oxygens (including phenoxy) is 2. The van der Waals surface area contributed by atoms with E-state index in [1.165, 1.54) is 19.1 Å². The normalized spacial score (nSPS) is 17.4. The zero-order valence-electron chi connectivity index (χ0n) is 12.0. The van der Waals surface area contributed by atoms with E-state index in [-0.39, 0.29) is 0 Å². The van der Waals surface area contributed by atoms with Crippen molar-refractivity contribution in [1.82, 2.24) is 4.90 Å². The Labute approximate surface area is 122 Å². The third kappa shape index (κ3) is 3.18. The molecule has 0 spiro atoms. The fourth-order valence-corrected chi connectivity index (χ4v) is 2.37. The SMILES string of the molecule is COc1ccc(OC)c(NC(=O)N2CCC[C@H]2C(=O)O)c1. The molecular weight excluding hydrogens is 276 g/mol. The lowest BCUT2D eigenvalue weighted by atomic mass is 10.2. The number of likely N-dealkylation sites (tertiary alicyclic amines) is 1. The van der Waals surface area contributed by atoms with Gasteiger partial charge in [0.2, 0.25) is 0 Å². The van der Waals surface area contributed by atoms with Crippen LogP contribution in [0.2, 0.25) is 0 Å². The molecule has 1 aliphatic rings. The van der Waals surface area contributed by atoms with Crippen LogP contribution in [0, 0.1) is 0 Å². The first-order valence-corrected chi connectivity index (χ1v) is 6.59. The van der Waals surface area contributed by atoms with Gasteiger partial charge in [-0.05, 0) is 25.0 Å². The van der Waals surface area contributed by atoms with Crippen molar-refractivity contribution in [3.05, 3.63) is 18.2 Å². The van der Waals surface area contributed by atoms with Crippen molar-refractivity contribution in [3.63, 3.8) is 0 Å². The van der Waals surface area contributed by atoms with E-state index < -0.39 is 18.0 Å². The summed E-state index contributed by atoms with van der Waals surface area (Å²) in [6.45, 7) is 0.426. The average Bonchev–Trinajstić information content (AvgIpc) is 2.96. The van der Waals surface area contributed by atoms with Crippen molar-refractivity contribution in [2.24, 2.45) is 0 Å². The summed E-state index contributed by atoms with van der Waals surface area (Å²) < 4.78 is 10.3. The molecule has 1 atom stereocenters. The van der Waals surface area contributed by atoms with Crippen molar-refractivity contribution in [2.75, 3.05) is 26.1 Å². The van der Waals surface area contributed by atoms with Gasteiger partial charge < -0.3 is 24.8 Å². The molecule has 1 aliphatic heterocycles. The quantitative estimate of drug-likeness (QED) is 0.883. The second kappa shape index (κ2) is 6.34. The summed E-state index contributed by atoms with van der Waals surface area (Å²) in [5.74, 6) is 0.0674. The van der Waals surface area contributed by atoms with Crippen LogP contribution in [-0.4, -0.2) is 48.8 Å². The van der Waals surface area contributed by atoms with Crippen LogP contribution >= 0.6 is 0 Å². The fraction of sp³-hybridized carbons (Fsp3) is 0.429. The van der Waals surface area contributed by atoms with Gasteiger partial charge in [-0.15, -0.1) is 0 Å².